The highest BCUT2D eigenvalue weighted by Gasteiger charge is 2.20. The van der Waals surface area contributed by atoms with Crippen LogP contribution in [0, 0.1) is 0 Å². The van der Waals surface area contributed by atoms with Crippen LogP contribution in [0.2, 0.25) is 0 Å². The molecule has 0 heterocycles. The first kappa shape index (κ1) is 14.4. The van der Waals surface area contributed by atoms with Crippen molar-refractivity contribution in [1.82, 2.24) is 5.32 Å². The van der Waals surface area contributed by atoms with Gasteiger partial charge in [0.25, 0.3) is 0 Å². The minimum absolute atomic E-state index is 0.169. The third-order valence-electron chi connectivity index (χ3n) is 3.72. The zero-order valence-corrected chi connectivity index (χ0v) is 11.6. The monoisotopic (exact) mass is 263 g/mol. The molecule has 2 rings (SSSR count). The van der Waals surface area contributed by atoms with E-state index in [1.54, 1.807) is 0 Å². The molecule has 1 saturated carbocycles. The molecule has 1 aliphatic rings. The van der Waals surface area contributed by atoms with E-state index in [1.165, 1.54) is 12.8 Å². The Labute approximate surface area is 116 Å². The van der Waals surface area contributed by atoms with Crippen molar-refractivity contribution in [2.75, 3.05) is 13.2 Å². The summed E-state index contributed by atoms with van der Waals surface area (Å²) >= 11 is 0. The molecule has 3 heteroatoms. The van der Waals surface area contributed by atoms with Crippen LogP contribution in [0.4, 0.5) is 0 Å². The van der Waals surface area contributed by atoms with Crippen LogP contribution in [0.5, 0.6) is 5.75 Å². The van der Waals surface area contributed by atoms with E-state index in [4.69, 9.17) is 4.74 Å². The quantitative estimate of drug-likeness (QED) is 0.612. The topological polar surface area (TPSA) is 41.5 Å². The summed E-state index contributed by atoms with van der Waals surface area (Å²) in [5.74, 6) is 0.928. The van der Waals surface area contributed by atoms with Crippen LogP contribution in [-0.4, -0.2) is 30.4 Å². The number of hydrogen-bond acceptors (Lipinski definition) is 3. The molecule has 1 aromatic carbocycles. The Morgan fingerprint density at radius 1 is 1.11 bits per heavy atom. The maximum atomic E-state index is 9.99. The predicted octanol–water partition coefficient (Wildman–Crippen LogP) is 2.74. The van der Waals surface area contributed by atoms with Gasteiger partial charge in [0.05, 0.1) is 12.7 Å². The standard InChI is InChI=1S/C16H25NO2/c18-16-11-6-2-5-10-15(16)17-12-7-13-19-14-8-3-1-4-9-14/h1,3-4,8-9,15-18H,2,5-7,10-13H2. The summed E-state index contributed by atoms with van der Waals surface area (Å²) in [5, 5.41) is 13.5. The molecule has 2 N–H and O–H groups in total. The number of nitrogens with one attached hydrogen (secondary N) is 1. The third-order valence-corrected chi connectivity index (χ3v) is 3.72. The molecule has 0 spiro atoms. The molecule has 0 amide bonds. The molecule has 0 saturated heterocycles. The molecule has 0 aromatic heterocycles. The lowest BCUT2D eigenvalue weighted by atomic mass is 10.1. The van der Waals surface area contributed by atoms with E-state index in [2.05, 4.69) is 5.32 Å². The van der Waals surface area contributed by atoms with Crippen LogP contribution >= 0.6 is 0 Å². The van der Waals surface area contributed by atoms with Gasteiger partial charge in [0.1, 0.15) is 5.75 Å². The molecule has 2 unspecified atom stereocenters. The van der Waals surface area contributed by atoms with Crippen molar-refractivity contribution < 1.29 is 9.84 Å². The second kappa shape index (κ2) is 8.18. The van der Waals surface area contributed by atoms with Crippen molar-refractivity contribution in [2.24, 2.45) is 0 Å². The normalized spacial score (nSPS) is 23.8. The summed E-state index contributed by atoms with van der Waals surface area (Å²) in [7, 11) is 0. The van der Waals surface area contributed by atoms with Gasteiger partial charge in [-0.2, -0.15) is 0 Å². The van der Waals surface area contributed by atoms with Gasteiger partial charge in [-0.1, -0.05) is 37.5 Å². The van der Waals surface area contributed by atoms with Gasteiger partial charge in [-0.15, -0.1) is 0 Å². The number of para-hydroxylation sites is 1. The Balaban J connectivity index is 1.58. The van der Waals surface area contributed by atoms with Gasteiger partial charge in [-0.3, -0.25) is 0 Å². The SMILES string of the molecule is OC1CCCCCC1NCCCOc1ccccc1. The zero-order valence-electron chi connectivity index (χ0n) is 11.6. The number of aliphatic hydroxyl groups excluding tert-OH is 1. The van der Waals surface area contributed by atoms with Crippen molar-refractivity contribution >= 4 is 0 Å². The second-order valence-electron chi connectivity index (χ2n) is 5.28. The van der Waals surface area contributed by atoms with Crippen molar-refractivity contribution in [3.63, 3.8) is 0 Å². The summed E-state index contributed by atoms with van der Waals surface area (Å²) in [4.78, 5) is 0. The Kier molecular flexibility index (Phi) is 6.18. The molecule has 1 aliphatic carbocycles. The molecule has 0 aliphatic heterocycles. The Morgan fingerprint density at radius 2 is 1.89 bits per heavy atom. The Hall–Kier alpha value is -1.06. The highest BCUT2D eigenvalue weighted by Crippen LogP contribution is 2.17. The molecular formula is C16H25NO2. The minimum Gasteiger partial charge on any atom is -0.494 e. The average Bonchev–Trinajstić information content (AvgIpc) is 2.65. The zero-order chi connectivity index (χ0) is 13.3. The molecule has 0 radical (unpaired) electrons. The fraction of sp³-hybridized carbons (Fsp3) is 0.625. The van der Waals surface area contributed by atoms with Crippen molar-refractivity contribution in [2.45, 2.75) is 50.7 Å². The van der Waals surface area contributed by atoms with Crippen LogP contribution in [0.25, 0.3) is 0 Å². The van der Waals surface area contributed by atoms with E-state index in [0.717, 1.165) is 44.6 Å². The average molecular weight is 263 g/mol. The lowest BCUT2D eigenvalue weighted by Gasteiger charge is -2.21. The van der Waals surface area contributed by atoms with E-state index in [-0.39, 0.29) is 12.1 Å². The summed E-state index contributed by atoms with van der Waals surface area (Å²) in [6.07, 6.45) is 6.49. The molecular weight excluding hydrogens is 238 g/mol. The largest absolute Gasteiger partial charge is 0.494 e. The molecule has 1 fully saturated rings. The van der Waals surface area contributed by atoms with Gasteiger partial charge in [-0.25, -0.2) is 0 Å². The summed E-state index contributed by atoms with van der Waals surface area (Å²) in [6.45, 7) is 1.63. The molecule has 3 nitrogen and oxygen atoms in total. The third kappa shape index (κ3) is 5.21. The van der Waals surface area contributed by atoms with Gasteiger partial charge in [-0.05, 0) is 37.9 Å². The van der Waals surface area contributed by atoms with Crippen molar-refractivity contribution in [1.29, 1.82) is 0 Å². The molecule has 2 atom stereocenters. The molecule has 19 heavy (non-hydrogen) atoms. The van der Waals surface area contributed by atoms with Crippen molar-refractivity contribution in [3.05, 3.63) is 30.3 Å². The van der Waals surface area contributed by atoms with Crippen LogP contribution < -0.4 is 10.1 Å². The number of ether oxygens (including phenoxy) is 1. The van der Waals surface area contributed by atoms with Crippen LogP contribution in [0.15, 0.2) is 30.3 Å². The first-order chi connectivity index (χ1) is 9.36. The maximum absolute atomic E-state index is 9.99. The van der Waals surface area contributed by atoms with Gasteiger partial charge in [0, 0.05) is 6.04 Å². The lowest BCUT2D eigenvalue weighted by molar-refractivity contribution is 0.119. The van der Waals surface area contributed by atoms with Gasteiger partial charge >= 0.3 is 0 Å². The van der Waals surface area contributed by atoms with E-state index in [9.17, 15) is 5.11 Å². The van der Waals surface area contributed by atoms with Gasteiger partial charge in [0.2, 0.25) is 0 Å². The van der Waals surface area contributed by atoms with Gasteiger partial charge < -0.3 is 15.2 Å². The summed E-state index contributed by atoms with van der Waals surface area (Å²) < 4.78 is 5.64. The predicted molar refractivity (Wildman–Crippen MR) is 77.4 cm³/mol. The molecule has 1 aromatic rings. The molecule has 0 bridgehead atoms. The van der Waals surface area contributed by atoms with Crippen LogP contribution in [0.3, 0.4) is 0 Å². The fourth-order valence-electron chi connectivity index (χ4n) is 2.59. The number of rotatable bonds is 6. The van der Waals surface area contributed by atoms with E-state index in [0.29, 0.717) is 0 Å². The fourth-order valence-corrected chi connectivity index (χ4v) is 2.59. The highest BCUT2D eigenvalue weighted by molar-refractivity contribution is 5.20. The Bertz CT molecular complexity index is 342. The van der Waals surface area contributed by atoms with Crippen LogP contribution in [-0.2, 0) is 0 Å². The van der Waals surface area contributed by atoms with Crippen LogP contribution in [0.1, 0.15) is 38.5 Å². The Morgan fingerprint density at radius 3 is 2.74 bits per heavy atom. The highest BCUT2D eigenvalue weighted by atomic mass is 16.5. The molecule has 106 valence electrons. The minimum atomic E-state index is -0.169. The van der Waals surface area contributed by atoms with E-state index < -0.39 is 0 Å². The number of benzene rings is 1. The first-order valence-corrected chi connectivity index (χ1v) is 7.45. The maximum Gasteiger partial charge on any atom is 0.119 e. The second-order valence-corrected chi connectivity index (χ2v) is 5.28. The van der Waals surface area contributed by atoms with Gasteiger partial charge in [0.15, 0.2) is 0 Å². The van der Waals surface area contributed by atoms with E-state index >= 15 is 0 Å². The first-order valence-electron chi connectivity index (χ1n) is 7.45. The smallest absolute Gasteiger partial charge is 0.119 e. The summed E-state index contributed by atoms with van der Waals surface area (Å²) in [6, 6.07) is 10.2. The van der Waals surface area contributed by atoms with E-state index in [1.807, 2.05) is 30.3 Å². The summed E-state index contributed by atoms with van der Waals surface area (Å²) in [5.41, 5.74) is 0. The number of hydrogen-bond donors (Lipinski definition) is 2. The lowest BCUT2D eigenvalue weighted by Crippen LogP contribution is -2.39. The number of aliphatic hydroxyl groups is 1. The van der Waals surface area contributed by atoms with Crippen molar-refractivity contribution in [3.8, 4) is 5.75 Å².